The fourth-order valence-corrected chi connectivity index (χ4v) is 6.37. The number of nitrogens with two attached hydrogens (primary N) is 1. The standard InChI is InChI=1S/C16H24N2O/c1-14-3-11-4-15(2,8-14)10-16(5-11,9-14)12-7-18-13(6-17)19-12/h7,11H,3-6,8-10,17H2,1-2H3. The van der Waals surface area contributed by atoms with Gasteiger partial charge in [0.2, 0.25) is 5.89 Å². The summed E-state index contributed by atoms with van der Waals surface area (Å²) in [5, 5.41) is 0. The molecule has 1 aromatic rings. The maximum absolute atomic E-state index is 5.97. The number of nitrogens with zero attached hydrogens (tertiary/aromatic N) is 1. The minimum atomic E-state index is 0.253. The van der Waals surface area contributed by atoms with Gasteiger partial charge < -0.3 is 10.2 Å². The second-order valence-corrected chi connectivity index (χ2v) is 8.23. The normalized spacial score (nSPS) is 47.8. The summed E-state index contributed by atoms with van der Waals surface area (Å²) < 4.78 is 5.97. The molecule has 4 aliphatic rings. The molecule has 5 rings (SSSR count). The van der Waals surface area contributed by atoms with E-state index in [0.29, 0.717) is 23.3 Å². The van der Waals surface area contributed by atoms with E-state index in [-0.39, 0.29) is 5.41 Å². The Morgan fingerprint density at radius 1 is 1.21 bits per heavy atom. The average molecular weight is 260 g/mol. The van der Waals surface area contributed by atoms with Gasteiger partial charge in [-0.3, -0.25) is 0 Å². The summed E-state index contributed by atoms with van der Waals surface area (Å²) >= 11 is 0. The number of aromatic nitrogens is 1. The lowest BCUT2D eigenvalue weighted by molar-refractivity contribution is -0.116. The molecule has 0 spiro atoms. The summed E-state index contributed by atoms with van der Waals surface area (Å²) in [5.41, 5.74) is 6.94. The Morgan fingerprint density at radius 3 is 2.42 bits per heavy atom. The van der Waals surface area contributed by atoms with Crippen LogP contribution in [0, 0.1) is 16.7 Å². The Morgan fingerprint density at radius 2 is 1.89 bits per heavy atom. The first kappa shape index (κ1) is 12.0. The van der Waals surface area contributed by atoms with E-state index in [1.165, 1.54) is 38.5 Å². The molecule has 0 aromatic carbocycles. The van der Waals surface area contributed by atoms with Crippen molar-refractivity contribution in [2.75, 3.05) is 0 Å². The minimum absolute atomic E-state index is 0.253. The number of hydrogen-bond acceptors (Lipinski definition) is 3. The quantitative estimate of drug-likeness (QED) is 0.887. The second kappa shape index (κ2) is 3.43. The fourth-order valence-electron chi connectivity index (χ4n) is 6.37. The van der Waals surface area contributed by atoms with Gasteiger partial charge in [0.1, 0.15) is 5.76 Å². The maximum Gasteiger partial charge on any atom is 0.208 e. The van der Waals surface area contributed by atoms with E-state index in [0.717, 1.165) is 11.7 Å². The van der Waals surface area contributed by atoms with E-state index in [4.69, 9.17) is 10.2 Å². The van der Waals surface area contributed by atoms with Crippen LogP contribution < -0.4 is 5.73 Å². The first-order valence-corrected chi connectivity index (χ1v) is 7.60. The van der Waals surface area contributed by atoms with Gasteiger partial charge in [-0.05, 0) is 55.3 Å². The van der Waals surface area contributed by atoms with Crippen LogP contribution in [0.25, 0.3) is 0 Å². The van der Waals surface area contributed by atoms with Crippen LogP contribution >= 0.6 is 0 Å². The minimum Gasteiger partial charge on any atom is -0.444 e. The summed E-state index contributed by atoms with van der Waals surface area (Å²) in [6.45, 7) is 5.39. The van der Waals surface area contributed by atoms with Crippen LogP contribution in [0.5, 0.6) is 0 Å². The Kier molecular flexibility index (Phi) is 2.16. The van der Waals surface area contributed by atoms with E-state index in [9.17, 15) is 0 Å². The van der Waals surface area contributed by atoms with Crippen LogP contribution in [-0.2, 0) is 12.0 Å². The van der Waals surface area contributed by atoms with Crippen LogP contribution in [0.4, 0.5) is 0 Å². The van der Waals surface area contributed by atoms with Gasteiger partial charge in [-0.2, -0.15) is 0 Å². The topological polar surface area (TPSA) is 52.0 Å². The highest BCUT2D eigenvalue weighted by atomic mass is 16.4. The molecule has 0 saturated heterocycles. The fraction of sp³-hybridized carbons (Fsp3) is 0.812. The molecule has 4 bridgehead atoms. The largest absolute Gasteiger partial charge is 0.444 e. The van der Waals surface area contributed by atoms with Gasteiger partial charge in [-0.25, -0.2) is 4.98 Å². The van der Waals surface area contributed by atoms with Crippen molar-refractivity contribution in [3.8, 4) is 0 Å². The summed E-state index contributed by atoms with van der Waals surface area (Å²) in [7, 11) is 0. The number of hydrogen-bond donors (Lipinski definition) is 1. The Bertz CT molecular complexity index is 503. The van der Waals surface area contributed by atoms with Crippen molar-refractivity contribution < 1.29 is 4.42 Å². The van der Waals surface area contributed by atoms with Crippen molar-refractivity contribution in [2.24, 2.45) is 22.5 Å². The summed E-state index contributed by atoms with van der Waals surface area (Å²) in [4.78, 5) is 4.35. The van der Waals surface area contributed by atoms with Crippen molar-refractivity contribution in [2.45, 2.75) is 64.3 Å². The third-order valence-electron chi connectivity index (χ3n) is 5.88. The van der Waals surface area contributed by atoms with Gasteiger partial charge in [0.05, 0.1) is 12.7 Å². The zero-order valence-electron chi connectivity index (χ0n) is 12.0. The summed E-state index contributed by atoms with van der Waals surface area (Å²) in [5.74, 6) is 2.70. The van der Waals surface area contributed by atoms with E-state index in [1.807, 2.05) is 6.20 Å². The Balaban J connectivity index is 1.78. The molecule has 2 N–H and O–H groups in total. The lowest BCUT2D eigenvalue weighted by Crippen LogP contribution is -2.56. The SMILES string of the molecule is CC12CC3CC(C)(C1)CC(c1cnc(CN)o1)(C3)C2. The van der Waals surface area contributed by atoms with E-state index in [1.54, 1.807) is 0 Å². The van der Waals surface area contributed by atoms with Crippen LogP contribution in [0.3, 0.4) is 0 Å². The Labute approximate surface area is 115 Å². The lowest BCUT2D eigenvalue weighted by atomic mass is 9.40. The van der Waals surface area contributed by atoms with Crippen LogP contribution in [0.15, 0.2) is 10.6 Å². The molecule has 2 unspecified atom stereocenters. The monoisotopic (exact) mass is 260 g/mol. The molecule has 0 amide bonds. The smallest absolute Gasteiger partial charge is 0.208 e. The second-order valence-electron chi connectivity index (χ2n) is 8.23. The van der Waals surface area contributed by atoms with Crippen molar-refractivity contribution in [3.05, 3.63) is 17.8 Å². The molecule has 3 nitrogen and oxygen atoms in total. The van der Waals surface area contributed by atoms with Gasteiger partial charge in [0, 0.05) is 5.41 Å². The molecule has 104 valence electrons. The van der Waals surface area contributed by atoms with Gasteiger partial charge in [-0.15, -0.1) is 0 Å². The van der Waals surface area contributed by atoms with E-state index < -0.39 is 0 Å². The molecule has 0 aliphatic heterocycles. The zero-order chi connectivity index (χ0) is 13.3. The predicted molar refractivity (Wildman–Crippen MR) is 73.5 cm³/mol. The van der Waals surface area contributed by atoms with Gasteiger partial charge >= 0.3 is 0 Å². The molecule has 4 aliphatic carbocycles. The number of oxazole rings is 1. The first-order valence-electron chi connectivity index (χ1n) is 7.60. The molecular weight excluding hydrogens is 236 g/mol. The molecule has 1 heterocycles. The first-order chi connectivity index (χ1) is 8.94. The van der Waals surface area contributed by atoms with Gasteiger partial charge in [-0.1, -0.05) is 13.8 Å². The highest BCUT2D eigenvalue weighted by Gasteiger charge is 2.61. The maximum atomic E-state index is 5.97. The third kappa shape index (κ3) is 1.63. The molecule has 19 heavy (non-hydrogen) atoms. The van der Waals surface area contributed by atoms with Crippen molar-refractivity contribution in [1.29, 1.82) is 0 Å². The summed E-state index contributed by atoms with van der Waals surface area (Å²) in [6.07, 6.45) is 10.1. The zero-order valence-corrected chi connectivity index (χ0v) is 12.0. The molecular formula is C16H24N2O. The van der Waals surface area contributed by atoms with Crippen LogP contribution in [0.2, 0.25) is 0 Å². The Hall–Kier alpha value is -0.830. The molecule has 4 saturated carbocycles. The molecule has 4 fully saturated rings. The van der Waals surface area contributed by atoms with Crippen molar-refractivity contribution in [3.63, 3.8) is 0 Å². The highest BCUT2D eigenvalue weighted by molar-refractivity contribution is 5.23. The number of rotatable bonds is 2. The average Bonchev–Trinajstić information content (AvgIpc) is 2.72. The van der Waals surface area contributed by atoms with Crippen LogP contribution in [-0.4, -0.2) is 4.98 Å². The van der Waals surface area contributed by atoms with E-state index in [2.05, 4.69) is 18.8 Å². The molecule has 0 radical (unpaired) electrons. The third-order valence-corrected chi connectivity index (χ3v) is 5.88. The lowest BCUT2D eigenvalue weighted by Gasteiger charge is -2.64. The van der Waals surface area contributed by atoms with Gasteiger partial charge in [0.15, 0.2) is 0 Å². The summed E-state index contributed by atoms with van der Waals surface area (Å²) in [6, 6.07) is 0. The van der Waals surface area contributed by atoms with Gasteiger partial charge in [0.25, 0.3) is 0 Å². The molecule has 3 heteroatoms. The van der Waals surface area contributed by atoms with Crippen LogP contribution in [0.1, 0.15) is 64.0 Å². The molecule has 2 atom stereocenters. The van der Waals surface area contributed by atoms with E-state index >= 15 is 0 Å². The predicted octanol–water partition coefficient (Wildman–Crippen LogP) is 3.38. The van der Waals surface area contributed by atoms with Crippen molar-refractivity contribution in [1.82, 2.24) is 4.98 Å². The van der Waals surface area contributed by atoms with Crippen molar-refractivity contribution >= 4 is 0 Å². The molecule has 1 aromatic heterocycles. The highest BCUT2D eigenvalue weighted by Crippen LogP contribution is 2.69.